The van der Waals surface area contributed by atoms with E-state index in [2.05, 4.69) is 15.5 Å². The van der Waals surface area contributed by atoms with E-state index in [4.69, 9.17) is 26.1 Å². The van der Waals surface area contributed by atoms with E-state index < -0.39 is 6.64 Å². The molecule has 0 aliphatic carbocycles. The van der Waals surface area contributed by atoms with Gasteiger partial charge < -0.3 is 14.3 Å². The van der Waals surface area contributed by atoms with Gasteiger partial charge in [0.1, 0.15) is 11.4 Å². The first-order valence-electron chi connectivity index (χ1n) is 7.33. The first kappa shape index (κ1) is 19.8. The summed E-state index contributed by atoms with van der Waals surface area (Å²) in [6.45, 7) is 6.39. The summed E-state index contributed by atoms with van der Waals surface area (Å²) < 4.78 is 11.5. The lowest BCUT2D eigenvalue weighted by molar-refractivity contribution is 0.169. The molecule has 6 nitrogen and oxygen atoms in total. The van der Waals surface area contributed by atoms with E-state index in [1.54, 1.807) is 6.92 Å². The molecule has 0 atom stereocenters. The van der Waals surface area contributed by atoms with Gasteiger partial charge in [-0.2, -0.15) is 5.10 Å². The summed E-state index contributed by atoms with van der Waals surface area (Å²) in [6.07, 6.45) is -0.204. The van der Waals surface area contributed by atoms with Crippen molar-refractivity contribution in [2.45, 2.75) is 46.8 Å². The Morgan fingerprint density at radius 3 is 2.09 bits per heavy atom. The lowest BCUT2D eigenvalue weighted by Gasteiger charge is -2.25. The van der Waals surface area contributed by atoms with Crippen LogP contribution < -0.4 is 5.20 Å². The molecule has 0 heterocycles. The Hall–Kier alpha value is -1.27. The van der Waals surface area contributed by atoms with Crippen LogP contribution in [0.1, 0.15) is 40.2 Å². The summed E-state index contributed by atoms with van der Waals surface area (Å²) in [5, 5.41) is 19.5. The standard InChI is InChI=1S/C15H24N3O3PS/c1-11(2)20-22(23,21-12(3)4)18-16-15(13(5)17-19)14-9-7-6-8-10-14/h6-12,19H,1-5H3,(H,18,23)/b16-15-,17-13+. The largest absolute Gasteiger partial charge is 0.411 e. The minimum Gasteiger partial charge on any atom is -0.411 e. The summed E-state index contributed by atoms with van der Waals surface area (Å²) >= 11 is 5.49. The van der Waals surface area contributed by atoms with Gasteiger partial charge in [0.2, 0.25) is 0 Å². The monoisotopic (exact) mass is 357 g/mol. The van der Waals surface area contributed by atoms with Gasteiger partial charge in [-0.25, -0.2) is 5.20 Å². The Morgan fingerprint density at radius 2 is 1.65 bits per heavy atom. The molecule has 1 rings (SSSR count). The Morgan fingerprint density at radius 1 is 1.13 bits per heavy atom. The zero-order valence-electron chi connectivity index (χ0n) is 14.1. The highest BCUT2D eigenvalue weighted by molar-refractivity contribution is 8.08. The maximum absolute atomic E-state index is 9.09. The molecule has 0 fully saturated rings. The number of hydrazone groups is 1. The van der Waals surface area contributed by atoms with Gasteiger partial charge in [-0.15, -0.1) is 0 Å². The van der Waals surface area contributed by atoms with E-state index >= 15 is 0 Å². The van der Waals surface area contributed by atoms with Crippen LogP contribution in [0.3, 0.4) is 0 Å². The predicted octanol–water partition coefficient (Wildman–Crippen LogP) is 3.90. The molecule has 8 heteroatoms. The SMILES string of the molecule is CC(=N\O)/C(=N/NP(=S)(OC(C)C)OC(C)C)c1ccccc1. The molecule has 23 heavy (non-hydrogen) atoms. The summed E-state index contributed by atoms with van der Waals surface area (Å²) in [5.41, 5.74) is 1.63. The first-order valence-corrected chi connectivity index (χ1v) is 9.97. The zero-order chi connectivity index (χ0) is 17.5. The minimum absolute atomic E-state index is 0.102. The average molecular weight is 357 g/mol. The van der Waals surface area contributed by atoms with Gasteiger partial charge in [-0.1, -0.05) is 35.5 Å². The second-order valence-corrected chi connectivity index (χ2v) is 8.48. The second kappa shape index (κ2) is 9.13. The van der Waals surface area contributed by atoms with E-state index in [9.17, 15) is 0 Å². The zero-order valence-corrected chi connectivity index (χ0v) is 15.8. The maximum atomic E-state index is 9.09. The van der Waals surface area contributed by atoms with Crippen molar-refractivity contribution in [2.24, 2.45) is 10.3 Å². The molecule has 0 amide bonds. The van der Waals surface area contributed by atoms with Crippen molar-refractivity contribution in [3.05, 3.63) is 35.9 Å². The van der Waals surface area contributed by atoms with Crippen molar-refractivity contribution in [2.75, 3.05) is 0 Å². The Bertz CT molecular complexity index is 589. The molecule has 0 unspecified atom stereocenters. The number of oxime groups is 1. The van der Waals surface area contributed by atoms with Crippen LogP contribution >= 0.6 is 6.64 Å². The third-order valence-electron chi connectivity index (χ3n) is 2.52. The first-order chi connectivity index (χ1) is 10.8. The molecule has 128 valence electrons. The smallest absolute Gasteiger partial charge is 0.303 e. The molecule has 0 bridgehead atoms. The average Bonchev–Trinajstić information content (AvgIpc) is 2.46. The van der Waals surface area contributed by atoms with Gasteiger partial charge in [0, 0.05) is 5.56 Å². The Balaban J connectivity index is 3.13. The van der Waals surface area contributed by atoms with Crippen molar-refractivity contribution < 1.29 is 14.3 Å². The highest BCUT2D eigenvalue weighted by Gasteiger charge is 2.23. The molecular weight excluding hydrogens is 333 g/mol. The third kappa shape index (κ3) is 6.79. The van der Waals surface area contributed by atoms with E-state index in [1.165, 1.54) is 0 Å². The lowest BCUT2D eigenvalue weighted by atomic mass is 10.1. The highest BCUT2D eigenvalue weighted by atomic mass is 32.5. The van der Waals surface area contributed by atoms with Crippen LogP contribution in [-0.2, 0) is 20.9 Å². The number of nitrogens with one attached hydrogen (secondary N) is 1. The molecule has 1 aromatic carbocycles. The number of hydrogen-bond acceptors (Lipinski definition) is 6. The molecule has 0 radical (unpaired) electrons. The summed E-state index contributed by atoms with van der Waals surface area (Å²) in [4.78, 5) is 0. The molecule has 1 aromatic rings. The molecule has 0 aliphatic rings. The van der Waals surface area contributed by atoms with E-state index in [0.717, 1.165) is 5.56 Å². The van der Waals surface area contributed by atoms with Crippen LogP contribution in [0, 0.1) is 0 Å². The number of hydrogen-bond donors (Lipinski definition) is 2. The lowest BCUT2D eigenvalue weighted by Crippen LogP contribution is -2.20. The minimum atomic E-state index is -2.80. The summed E-state index contributed by atoms with van der Waals surface area (Å²) in [6, 6.07) is 9.38. The van der Waals surface area contributed by atoms with Gasteiger partial charge in [0.15, 0.2) is 0 Å². The fourth-order valence-corrected chi connectivity index (χ4v) is 4.37. The molecule has 2 N–H and O–H groups in total. The van der Waals surface area contributed by atoms with Crippen LogP contribution in [0.2, 0.25) is 0 Å². The molecule has 0 aromatic heterocycles. The van der Waals surface area contributed by atoms with Gasteiger partial charge in [-0.3, -0.25) is 0 Å². The normalized spacial score (nSPS) is 13.7. The number of rotatable bonds is 8. The van der Waals surface area contributed by atoms with Crippen molar-refractivity contribution in [3.63, 3.8) is 0 Å². The fraction of sp³-hybridized carbons (Fsp3) is 0.467. The van der Waals surface area contributed by atoms with E-state index in [1.807, 2.05) is 58.0 Å². The van der Waals surface area contributed by atoms with Crippen molar-refractivity contribution >= 4 is 29.9 Å². The van der Waals surface area contributed by atoms with Crippen molar-refractivity contribution in [1.82, 2.24) is 5.20 Å². The van der Waals surface area contributed by atoms with Crippen LogP contribution in [0.5, 0.6) is 0 Å². The molecule has 0 saturated carbocycles. The Labute approximate surface area is 142 Å². The van der Waals surface area contributed by atoms with E-state index in [0.29, 0.717) is 11.4 Å². The van der Waals surface area contributed by atoms with Crippen molar-refractivity contribution in [3.8, 4) is 0 Å². The Kier molecular flexibility index (Phi) is 7.85. The quantitative estimate of drug-likeness (QED) is 0.319. The van der Waals surface area contributed by atoms with Gasteiger partial charge >= 0.3 is 6.64 Å². The predicted molar refractivity (Wildman–Crippen MR) is 97.7 cm³/mol. The van der Waals surface area contributed by atoms with Crippen LogP contribution in [0.25, 0.3) is 0 Å². The van der Waals surface area contributed by atoms with Gasteiger partial charge in [0.05, 0.1) is 12.2 Å². The van der Waals surface area contributed by atoms with Crippen LogP contribution in [0.4, 0.5) is 0 Å². The molecule has 0 spiro atoms. The van der Waals surface area contributed by atoms with Crippen LogP contribution in [0.15, 0.2) is 40.6 Å². The summed E-state index contributed by atoms with van der Waals surface area (Å²) in [5.74, 6) is 0. The second-order valence-electron chi connectivity index (χ2n) is 5.42. The third-order valence-corrected chi connectivity index (χ3v) is 5.03. The topological polar surface area (TPSA) is 75.4 Å². The highest BCUT2D eigenvalue weighted by Crippen LogP contribution is 2.46. The fourth-order valence-electron chi connectivity index (χ4n) is 1.74. The van der Waals surface area contributed by atoms with Crippen LogP contribution in [-0.4, -0.2) is 28.8 Å². The summed E-state index contributed by atoms with van der Waals surface area (Å²) in [7, 11) is 0. The molecule has 0 aliphatic heterocycles. The van der Waals surface area contributed by atoms with Crippen molar-refractivity contribution in [1.29, 1.82) is 0 Å². The molecule has 0 saturated heterocycles. The van der Waals surface area contributed by atoms with Gasteiger partial charge in [0.25, 0.3) is 0 Å². The van der Waals surface area contributed by atoms with E-state index in [-0.39, 0.29) is 12.2 Å². The maximum Gasteiger partial charge on any atom is 0.303 e. The van der Waals surface area contributed by atoms with Gasteiger partial charge in [-0.05, 0) is 46.4 Å². The number of benzene rings is 1. The number of nitrogens with zero attached hydrogens (tertiary/aromatic N) is 2. The molecular formula is C15H24N3O3PS.